The van der Waals surface area contributed by atoms with Crippen LogP contribution in [0.4, 0.5) is 0 Å². The highest BCUT2D eigenvalue weighted by Gasteiger charge is 2.19. The van der Waals surface area contributed by atoms with E-state index < -0.39 is 12.0 Å². The summed E-state index contributed by atoms with van der Waals surface area (Å²) in [7, 11) is 0. The van der Waals surface area contributed by atoms with Gasteiger partial charge in [-0.3, -0.25) is 9.69 Å². The predicted octanol–water partition coefficient (Wildman–Crippen LogP) is 0.954. The number of carboxylic acid groups (broad SMARTS) is 1. The summed E-state index contributed by atoms with van der Waals surface area (Å²) in [5.41, 5.74) is 1.05. The van der Waals surface area contributed by atoms with Crippen LogP contribution in [0.5, 0.6) is 0 Å². The van der Waals surface area contributed by atoms with Crippen LogP contribution >= 0.6 is 0 Å². The average Bonchev–Trinajstić information content (AvgIpc) is 2.29. The van der Waals surface area contributed by atoms with E-state index in [1.807, 2.05) is 30.3 Å². The van der Waals surface area contributed by atoms with Gasteiger partial charge < -0.3 is 10.2 Å². The fourth-order valence-corrected chi connectivity index (χ4v) is 1.51. The van der Waals surface area contributed by atoms with Crippen LogP contribution in [0.15, 0.2) is 30.3 Å². The highest BCUT2D eigenvalue weighted by molar-refractivity contribution is 5.72. The molecule has 88 valence electrons. The van der Waals surface area contributed by atoms with Crippen molar-refractivity contribution < 1.29 is 15.0 Å². The van der Waals surface area contributed by atoms with Crippen molar-refractivity contribution >= 4 is 5.97 Å². The van der Waals surface area contributed by atoms with Gasteiger partial charge in [0, 0.05) is 13.1 Å². The van der Waals surface area contributed by atoms with Crippen LogP contribution in [0.25, 0.3) is 0 Å². The van der Waals surface area contributed by atoms with Crippen LogP contribution < -0.4 is 0 Å². The van der Waals surface area contributed by atoms with Crippen LogP contribution in [0.1, 0.15) is 12.5 Å². The molecule has 2 N–H and O–H groups in total. The first-order valence-corrected chi connectivity index (χ1v) is 5.26. The van der Waals surface area contributed by atoms with Crippen LogP contribution in [0.3, 0.4) is 0 Å². The first-order chi connectivity index (χ1) is 7.65. The highest BCUT2D eigenvalue weighted by atomic mass is 16.4. The van der Waals surface area contributed by atoms with Gasteiger partial charge in [0.05, 0.1) is 6.61 Å². The van der Waals surface area contributed by atoms with Crippen LogP contribution in [-0.4, -0.2) is 40.3 Å². The number of carbonyl (C=O) groups is 1. The first kappa shape index (κ1) is 12.7. The van der Waals surface area contributed by atoms with Gasteiger partial charge >= 0.3 is 5.97 Å². The second-order valence-electron chi connectivity index (χ2n) is 3.69. The van der Waals surface area contributed by atoms with Crippen molar-refractivity contribution in [1.29, 1.82) is 0 Å². The summed E-state index contributed by atoms with van der Waals surface area (Å²) in [4.78, 5) is 12.6. The van der Waals surface area contributed by atoms with Crippen molar-refractivity contribution in [1.82, 2.24) is 4.90 Å². The summed E-state index contributed by atoms with van der Waals surface area (Å²) in [5.74, 6) is -0.871. The molecule has 0 aliphatic carbocycles. The lowest BCUT2D eigenvalue weighted by Gasteiger charge is -2.25. The lowest BCUT2D eigenvalue weighted by atomic mass is 10.2. The molecule has 0 heterocycles. The predicted molar refractivity (Wildman–Crippen MR) is 61.0 cm³/mol. The minimum Gasteiger partial charge on any atom is -0.480 e. The third kappa shape index (κ3) is 3.64. The van der Waals surface area contributed by atoms with E-state index in [1.165, 1.54) is 0 Å². The molecule has 0 aliphatic heterocycles. The summed E-state index contributed by atoms with van der Waals surface area (Å²) in [6, 6.07) is 9.04. The molecule has 0 aliphatic rings. The van der Waals surface area contributed by atoms with E-state index in [0.717, 1.165) is 5.56 Å². The molecular weight excluding hydrogens is 206 g/mol. The lowest BCUT2D eigenvalue weighted by molar-refractivity contribution is -0.143. The van der Waals surface area contributed by atoms with Gasteiger partial charge in [-0.1, -0.05) is 30.3 Å². The zero-order chi connectivity index (χ0) is 12.0. The molecule has 0 spiro atoms. The molecule has 0 amide bonds. The Hall–Kier alpha value is -1.39. The van der Waals surface area contributed by atoms with Gasteiger partial charge in [0.2, 0.25) is 0 Å². The van der Waals surface area contributed by atoms with Gasteiger partial charge in [0.25, 0.3) is 0 Å². The van der Waals surface area contributed by atoms with Gasteiger partial charge in [-0.2, -0.15) is 0 Å². The number of hydrogen-bond donors (Lipinski definition) is 2. The Morgan fingerprint density at radius 3 is 2.50 bits per heavy atom. The van der Waals surface area contributed by atoms with Gasteiger partial charge in [0.15, 0.2) is 0 Å². The number of rotatable bonds is 6. The van der Waals surface area contributed by atoms with Crippen molar-refractivity contribution in [2.45, 2.75) is 19.5 Å². The van der Waals surface area contributed by atoms with E-state index in [9.17, 15) is 4.79 Å². The third-order valence-electron chi connectivity index (χ3n) is 2.52. The minimum atomic E-state index is -0.871. The number of hydrogen-bond acceptors (Lipinski definition) is 3. The van der Waals surface area contributed by atoms with Crippen molar-refractivity contribution in [3.8, 4) is 0 Å². The Morgan fingerprint density at radius 1 is 1.38 bits per heavy atom. The number of benzene rings is 1. The first-order valence-electron chi connectivity index (χ1n) is 5.26. The molecule has 1 unspecified atom stereocenters. The minimum absolute atomic E-state index is 0.0372. The molecule has 4 heteroatoms. The topological polar surface area (TPSA) is 60.8 Å². The molecule has 0 radical (unpaired) electrons. The molecule has 0 saturated carbocycles. The van der Waals surface area contributed by atoms with Crippen molar-refractivity contribution in [3.05, 3.63) is 35.9 Å². The summed E-state index contributed by atoms with van der Waals surface area (Å²) in [6.07, 6.45) is 0. The average molecular weight is 223 g/mol. The van der Waals surface area contributed by atoms with Crippen LogP contribution in [0, 0.1) is 0 Å². The Bertz CT molecular complexity index is 326. The molecule has 4 nitrogen and oxygen atoms in total. The fraction of sp³-hybridized carbons (Fsp3) is 0.417. The molecule has 1 rings (SSSR count). The standard InChI is InChI=1S/C12H17NO3/c1-10(12(15)16)13(7-8-14)9-11-5-3-2-4-6-11/h2-6,10,14H,7-9H2,1H3,(H,15,16). The van der Waals surface area contributed by atoms with Gasteiger partial charge in [0.1, 0.15) is 6.04 Å². The largest absolute Gasteiger partial charge is 0.480 e. The maximum absolute atomic E-state index is 10.9. The van der Waals surface area contributed by atoms with Gasteiger partial charge in [-0.15, -0.1) is 0 Å². The second kappa shape index (κ2) is 6.25. The SMILES string of the molecule is CC(C(=O)O)N(CCO)Cc1ccccc1. The Morgan fingerprint density at radius 2 is 2.00 bits per heavy atom. The number of aliphatic hydroxyl groups excluding tert-OH is 1. The highest BCUT2D eigenvalue weighted by Crippen LogP contribution is 2.07. The number of aliphatic carboxylic acids is 1. The normalized spacial score (nSPS) is 12.7. The van der Waals surface area contributed by atoms with Crippen LogP contribution in [0.2, 0.25) is 0 Å². The molecule has 0 bridgehead atoms. The molecule has 0 fully saturated rings. The molecule has 0 aromatic heterocycles. The van der Waals surface area contributed by atoms with E-state index in [1.54, 1.807) is 11.8 Å². The maximum Gasteiger partial charge on any atom is 0.320 e. The Kier molecular flexibility index (Phi) is 4.95. The number of carboxylic acids is 1. The molecule has 0 saturated heterocycles. The Labute approximate surface area is 95.1 Å². The molecule has 1 atom stereocenters. The van der Waals surface area contributed by atoms with E-state index in [2.05, 4.69) is 0 Å². The van der Waals surface area contributed by atoms with Crippen molar-refractivity contribution in [2.24, 2.45) is 0 Å². The lowest BCUT2D eigenvalue weighted by Crippen LogP contribution is -2.40. The molecule has 16 heavy (non-hydrogen) atoms. The second-order valence-corrected chi connectivity index (χ2v) is 3.69. The number of aliphatic hydroxyl groups is 1. The summed E-state index contributed by atoms with van der Waals surface area (Å²) in [6.45, 7) is 2.49. The maximum atomic E-state index is 10.9. The molecular formula is C12H17NO3. The zero-order valence-electron chi connectivity index (χ0n) is 9.34. The monoisotopic (exact) mass is 223 g/mol. The van der Waals surface area contributed by atoms with Gasteiger partial charge in [-0.25, -0.2) is 0 Å². The van der Waals surface area contributed by atoms with Crippen LogP contribution in [-0.2, 0) is 11.3 Å². The summed E-state index contributed by atoms with van der Waals surface area (Å²) >= 11 is 0. The van der Waals surface area contributed by atoms with Crippen molar-refractivity contribution in [2.75, 3.05) is 13.2 Å². The van der Waals surface area contributed by atoms with E-state index in [4.69, 9.17) is 10.2 Å². The smallest absolute Gasteiger partial charge is 0.320 e. The van der Waals surface area contributed by atoms with Gasteiger partial charge in [-0.05, 0) is 12.5 Å². The van der Waals surface area contributed by atoms with E-state index in [0.29, 0.717) is 13.1 Å². The number of nitrogens with zero attached hydrogens (tertiary/aromatic N) is 1. The van der Waals surface area contributed by atoms with E-state index in [-0.39, 0.29) is 6.61 Å². The van der Waals surface area contributed by atoms with Crippen molar-refractivity contribution in [3.63, 3.8) is 0 Å². The third-order valence-corrected chi connectivity index (χ3v) is 2.52. The summed E-state index contributed by atoms with van der Waals surface area (Å²) in [5, 5.41) is 17.8. The zero-order valence-corrected chi connectivity index (χ0v) is 9.34. The van der Waals surface area contributed by atoms with E-state index >= 15 is 0 Å². The Balaban J connectivity index is 2.68. The molecule has 1 aromatic carbocycles. The quantitative estimate of drug-likeness (QED) is 0.754. The fourth-order valence-electron chi connectivity index (χ4n) is 1.51. The molecule has 1 aromatic rings. The summed E-state index contributed by atoms with van der Waals surface area (Å²) < 4.78 is 0.